The molecule has 1 N–H and O–H groups in total. The smallest absolute Gasteiger partial charge is 0.0963 e. The Labute approximate surface area is 85.1 Å². The summed E-state index contributed by atoms with van der Waals surface area (Å²) >= 11 is 1.95. The van der Waals surface area contributed by atoms with Crippen LogP contribution in [0.15, 0.2) is 0 Å². The molecule has 13 heavy (non-hydrogen) atoms. The van der Waals surface area contributed by atoms with Crippen LogP contribution in [0.1, 0.15) is 32.6 Å². The highest BCUT2D eigenvalue weighted by atomic mass is 32.2. The van der Waals surface area contributed by atoms with Crippen molar-refractivity contribution in [2.24, 2.45) is 0 Å². The van der Waals surface area contributed by atoms with Gasteiger partial charge in [0.25, 0.3) is 0 Å². The zero-order valence-corrected chi connectivity index (χ0v) is 9.07. The number of nitrogens with one attached hydrogen (secondary N) is 1. The number of hydrogen-bond acceptors (Lipinski definition) is 3. The second-order valence-electron chi connectivity index (χ2n) is 3.52. The van der Waals surface area contributed by atoms with Gasteiger partial charge < -0.3 is 0 Å². The molecule has 2 nitrogen and oxygen atoms in total. The van der Waals surface area contributed by atoms with Crippen molar-refractivity contribution in [1.82, 2.24) is 5.32 Å². The topological polar surface area (TPSA) is 35.8 Å². The third kappa shape index (κ3) is 5.17. The largest absolute Gasteiger partial charge is 0.299 e. The maximum Gasteiger partial charge on any atom is 0.0963 e. The summed E-state index contributed by atoms with van der Waals surface area (Å²) in [6.45, 7) is 2.19. The molecule has 3 heteroatoms. The quantitative estimate of drug-likeness (QED) is 0.637. The second-order valence-corrected chi connectivity index (χ2v) is 4.75. The molecule has 0 spiro atoms. The lowest BCUT2D eigenvalue weighted by molar-refractivity contribution is 0.587. The van der Waals surface area contributed by atoms with E-state index >= 15 is 0 Å². The third-order valence-electron chi connectivity index (χ3n) is 2.07. The highest BCUT2D eigenvalue weighted by Gasteiger charge is 2.23. The molecule has 1 rings (SSSR count). The molecule has 1 aliphatic rings. The molecule has 0 heterocycles. The number of nitriles is 1. The molecular weight excluding hydrogens is 180 g/mol. The van der Waals surface area contributed by atoms with Gasteiger partial charge in [-0.2, -0.15) is 17.0 Å². The Bertz CT molecular complexity index is 172. The molecule has 1 aliphatic carbocycles. The third-order valence-corrected chi connectivity index (χ3v) is 3.29. The summed E-state index contributed by atoms with van der Waals surface area (Å²) in [6, 6.07) is 3.07. The van der Waals surface area contributed by atoms with Crippen molar-refractivity contribution in [3.05, 3.63) is 0 Å². The van der Waals surface area contributed by atoms with Crippen LogP contribution in [-0.4, -0.2) is 23.6 Å². The van der Waals surface area contributed by atoms with Gasteiger partial charge in [0.1, 0.15) is 0 Å². The van der Waals surface area contributed by atoms with Crippen molar-refractivity contribution in [2.75, 3.05) is 11.5 Å². The van der Waals surface area contributed by atoms with Crippen LogP contribution < -0.4 is 5.32 Å². The van der Waals surface area contributed by atoms with Crippen LogP contribution in [0, 0.1) is 11.3 Å². The van der Waals surface area contributed by atoms with Gasteiger partial charge in [-0.1, -0.05) is 6.92 Å². The molecule has 1 atom stereocenters. The lowest BCUT2D eigenvalue weighted by Gasteiger charge is -2.09. The minimum atomic E-state index is 0.0943. The summed E-state index contributed by atoms with van der Waals surface area (Å²) < 4.78 is 0. The molecular formula is C10H18N2S. The summed E-state index contributed by atoms with van der Waals surface area (Å²) in [7, 11) is 0. The Morgan fingerprint density at radius 1 is 1.54 bits per heavy atom. The van der Waals surface area contributed by atoms with Gasteiger partial charge in [0.2, 0.25) is 0 Å². The molecule has 0 amide bonds. The second kappa shape index (κ2) is 6.28. The fourth-order valence-electron chi connectivity index (χ4n) is 1.17. The predicted molar refractivity (Wildman–Crippen MR) is 57.8 cm³/mol. The van der Waals surface area contributed by atoms with Crippen LogP contribution in [0.25, 0.3) is 0 Å². The van der Waals surface area contributed by atoms with Crippen molar-refractivity contribution >= 4 is 11.8 Å². The number of thioether (sulfide) groups is 1. The Morgan fingerprint density at radius 3 is 2.85 bits per heavy atom. The van der Waals surface area contributed by atoms with Crippen molar-refractivity contribution in [3.8, 4) is 6.07 Å². The van der Waals surface area contributed by atoms with E-state index in [2.05, 4.69) is 18.3 Å². The van der Waals surface area contributed by atoms with E-state index in [9.17, 15) is 0 Å². The molecule has 74 valence electrons. The minimum absolute atomic E-state index is 0.0943. The molecule has 0 aliphatic heterocycles. The van der Waals surface area contributed by atoms with E-state index in [-0.39, 0.29) is 6.04 Å². The Hall–Kier alpha value is -0.200. The first-order valence-electron chi connectivity index (χ1n) is 5.10. The zero-order valence-electron chi connectivity index (χ0n) is 8.25. The fourth-order valence-corrected chi connectivity index (χ4v) is 2.06. The first kappa shape index (κ1) is 10.9. The van der Waals surface area contributed by atoms with Gasteiger partial charge in [0, 0.05) is 6.04 Å². The first-order valence-corrected chi connectivity index (χ1v) is 6.25. The highest BCUT2D eigenvalue weighted by molar-refractivity contribution is 7.99. The van der Waals surface area contributed by atoms with E-state index in [4.69, 9.17) is 5.26 Å². The predicted octanol–water partition coefficient (Wildman–Crippen LogP) is 2.16. The lowest BCUT2D eigenvalue weighted by Crippen LogP contribution is -2.29. The van der Waals surface area contributed by atoms with Crippen LogP contribution >= 0.6 is 11.8 Å². The van der Waals surface area contributed by atoms with Gasteiger partial charge in [-0.15, -0.1) is 0 Å². The van der Waals surface area contributed by atoms with Crippen LogP contribution in [0.5, 0.6) is 0 Å². The normalized spacial score (nSPS) is 18.2. The molecule has 0 saturated heterocycles. The van der Waals surface area contributed by atoms with E-state index < -0.39 is 0 Å². The molecule has 0 aromatic heterocycles. The molecule has 0 bridgehead atoms. The van der Waals surface area contributed by atoms with E-state index in [1.54, 1.807) is 0 Å². The Morgan fingerprint density at radius 2 is 2.31 bits per heavy atom. The van der Waals surface area contributed by atoms with Crippen LogP contribution in [-0.2, 0) is 0 Å². The molecule has 1 unspecified atom stereocenters. The van der Waals surface area contributed by atoms with E-state index in [0.717, 1.165) is 12.2 Å². The molecule has 1 fully saturated rings. The van der Waals surface area contributed by atoms with Crippen molar-refractivity contribution in [2.45, 2.75) is 44.7 Å². The summed E-state index contributed by atoms with van der Waals surface area (Å²) in [4.78, 5) is 0. The molecule has 0 aromatic carbocycles. The highest BCUT2D eigenvalue weighted by Crippen LogP contribution is 2.20. The fraction of sp³-hybridized carbons (Fsp3) is 0.900. The average Bonchev–Trinajstić information content (AvgIpc) is 2.94. The van der Waals surface area contributed by atoms with Crippen LogP contribution in [0.3, 0.4) is 0 Å². The van der Waals surface area contributed by atoms with Crippen molar-refractivity contribution in [1.29, 1.82) is 5.26 Å². The van der Waals surface area contributed by atoms with Crippen molar-refractivity contribution in [3.63, 3.8) is 0 Å². The van der Waals surface area contributed by atoms with Gasteiger partial charge >= 0.3 is 0 Å². The Balaban J connectivity index is 1.99. The van der Waals surface area contributed by atoms with Gasteiger partial charge in [-0.3, -0.25) is 5.32 Å². The standard InChI is InChI=1S/C10H18N2S/c1-2-6-13-7-5-10(8-11)12-9-3-4-9/h9-10,12H,2-7H2,1H3. The first-order chi connectivity index (χ1) is 6.36. The van der Waals surface area contributed by atoms with Crippen LogP contribution in [0.2, 0.25) is 0 Å². The Kier molecular flexibility index (Phi) is 5.26. The summed E-state index contributed by atoms with van der Waals surface area (Å²) in [5.74, 6) is 2.34. The average molecular weight is 198 g/mol. The maximum atomic E-state index is 8.84. The molecule has 1 saturated carbocycles. The summed E-state index contributed by atoms with van der Waals surface area (Å²) in [5.41, 5.74) is 0. The monoisotopic (exact) mass is 198 g/mol. The van der Waals surface area contributed by atoms with E-state index in [1.807, 2.05) is 11.8 Å². The lowest BCUT2D eigenvalue weighted by atomic mass is 10.2. The van der Waals surface area contributed by atoms with Crippen molar-refractivity contribution < 1.29 is 0 Å². The molecule has 0 radical (unpaired) electrons. The van der Waals surface area contributed by atoms with Gasteiger partial charge in [0.05, 0.1) is 12.1 Å². The summed E-state index contributed by atoms with van der Waals surface area (Å²) in [5, 5.41) is 12.2. The number of hydrogen-bond donors (Lipinski definition) is 1. The van der Waals surface area contributed by atoms with E-state index in [0.29, 0.717) is 6.04 Å². The molecule has 0 aromatic rings. The SMILES string of the molecule is CCCSCCC(C#N)NC1CC1. The van der Waals surface area contributed by atoms with Gasteiger partial charge in [-0.05, 0) is 37.2 Å². The minimum Gasteiger partial charge on any atom is -0.299 e. The van der Waals surface area contributed by atoms with Gasteiger partial charge in [0.15, 0.2) is 0 Å². The number of rotatable bonds is 7. The zero-order chi connectivity index (χ0) is 9.52. The van der Waals surface area contributed by atoms with Crippen LogP contribution in [0.4, 0.5) is 0 Å². The maximum absolute atomic E-state index is 8.84. The van der Waals surface area contributed by atoms with E-state index in [1.165, 1.54) is 25.0 Å². The van der Waals surface area contributed by atoms with Gasteiger partial charge in [-0.25, -0.2) is 0 Å². The summed E-state index contributed by atoms with van der Waals surface area (Å²) in [6.07, 6.45) is 4.76. The number of nitrogens with zero attached hydrogens (tertiary/aromatic N) is 1.